The van der Waals surface area contributed by atoms with Crippen LogP contribution in [0.2, 0.25) is 0 Å². The van der Waals surface area contributed by atoms with Crippen molar-refractivity contribution >= 4 is 22.6 Å². The van der Waals surface area contributed by atoms with Gasteiger partial charge in [0.25, 0.3) is 0 Å². The minimum absolute atomic E-state index is 0.748. The van der Waals surface area contributed by atoms with Gasteiger partial charge in [0, 0.05) is 3.92 Å². The van der Waals surface area contributed by atoms with Crippen molar-refractivity contribution in [1.29, 1.82) is 0 Å². The number of rotatable bonds is 0. The highest BCUT2D eigenvalue weighted by Gasteiger charge is 2.04. The molecule has 1 aliphatic rings. The Labute approximate surface area is 63.8 Å². The average Bonchev–Trinajstić information content (AvgIpc) is 1.77. The molecular weight excluding hydrogens is 211 g/mol. The molecule has 0 N–H and O–H groups in total. The van der Waals surface area contributed by atoms with Crippen LogP contribution in [0, 0.1) is 0 Å². The summed E-state index contributed by atoms with van der Waals surface area (Å²) in [5, 5.41) is 0. The molecule has 0 aromatic heterocycles. The second kappa shape index (κ2) is 2.67. The van der Waals surface area contributed by atoms with E-state index in [2.05, 4.69) is 47.7 Å². The molecule has 0 radical (unpaired) electrons. The second-order valence-corrected chi connectivity index (χ2v) is 3.55. The largest absolute Gasteiger partial charge is 0.0832 e. The number of alkyl halides is 1. The maximum absolute atomic E-state index is 2.46. The molecule has 0 nitrogen and oxygen atoms in total. The summed E-state index contributed by atoms with van der Waals surface area (Å²) in [6, 6.07) is 0. The summed E-state index contributed by atoms with van der Waals surface area (Å²) in [6.07, 6.45) is 7.73. The first-order chi connectivity index (χ1) is 3.80. The van der Waals surface area contributed by atoms with Gasteiger partial charge in [-0.3, -0.25) is 0 Å². The molecular formula is C7H9I. The zero-order chi connectivity index (χ0) is 5.98. The van der Waals surface area contributed by atoms with Gasteiger partial charge in [0.2, 0.25) is 0 Å². The highest BCUT2D eigenvalue weighted by atomic mass is 127. The zero-order valence-corrected chi connectivity index (χ0v) is 7.05. The fraction of sp³-hybridized carbons (Fsp3) is 0.429. The zero-order valence-electron chi connectivity index (χ0n) is 4.89. The number of allylic oxidation sites excluding steroid dienone is 4. The summed E-state index contributed by atoms with van der Waals surface area (Å²) in [7, 11) is 0. The van der Waals surface area contributed by atoms with E-state index in [9.17, 15) is 0 Å². The standard InChI is InChI=1S/C7H9I/c1-6-4-2-3-5-7(6)8/h2-4,7H,5H2,1H3/t7-/m1/s1. The lowest BCUT2D eigenvalue weighted by atomic mass is 10.1. The summed E-state index contributed by atoms with van der Waals surface area (Å²) in [6.45, 7) is 2.18. The third kappa shape index (κ3) is 1.34. The molecule has 0 spiro atoms. The molecule has 0 heterocycles. The van der Waals surface area contributed by atoms with Crippen molar-refractivity contribution in [1.82, 2.24) is 0 Å². The van der Waals surface area contributed by atoms with Crippen LogP contribution >= 0.6 is 22.6 Å². The summed E-state index contributed by atoms with van der Waals surface area (Å²) in [4.78, 5) is 0. The Morgan fingerprint density at radius 3 is 2.88 bits per heavy atom. The van der Waals surface area contributed by atoms with E-state index in [4.69, 9.17) is 0 Å². The molecule has 1 atom stereocenters. The molecule has 0 aromatic carbocycles. The highest BCUT2D eigenvalue weighted by Crippen LogP contribution is 2.19. The molecule has 0 unspecified atom stereocenters. The van der Waals surface area contributed by atoms with Crippen molar-refractivity contribution < 1.29 is 0 Å². The van der Waals surface area contributed by atoms with E-state index in [1.807, 2.05) is 0 Å². The Morgan fingerprint density at radius 2 is 2.50 bits per heavy atom. The average molecular weight is 220 g/mol. The van der Waals surface area contributed by atoms with Gasteiger partial charge in [0.1, 0.15) is 0 Å². The Hall–Kier alpha value is 0.210. The van der Waals surface area contributed by atoms with E-state index in [1.54, 1.807) is 0 Å². The molecule has 1 rings (SSSR count). The van der Waals surface area contributed by atoms with Crippen molar-refractivity contribution in [2.75, 3.05) is 0 Å². The molecule has 8 heavy (non-hydrogen) atoms. The SMILES string of the molecule is CC1=CC=CC[C@H]1I. The summed E-state index contributed by atoms with van der Waals surface area (Å²) in [5.41, 5.74) is 1.49. The van der Waals surface area contributed by atoms with Crippen molar-refractivity contribution in [3.8, 4) is 0 Å². The van der Waals surface area contributed by atoms with Crippen molar-refractivity contribution in [2.24, 2.45) is 0 Å². The summed E-state index contributed by atoms with van der Waals surface area (Å²) < 4.78 is 0.748. The molecule has 0 aromatic rings. The lowest BCUT2D eigenvalue weighted by Gasteiger charge is -2.09. The Balaban J connectivity index is 2.66. The van der Waals surface area contributed by atoms with Crippen LogP contribution in [-0.4, -0.2) is 3.92 Å². The van der Waals surface area contributed by atoms with Crippen LogP contribution in [0.15, 0.2) is 23.8 Å². The lowest BCUT2D eigenvalue weighted by molar-refractivity contribution is 1.02. The van der Waals surface area contributed by atoms with Gasteiger partial charge in [-0.15, -0.1) is 0 Å². The highest BCUT2D eigenvalue weighted by molar-refractivity contribution is 14.1. The minimum atomic E-state index is 0.748. The molecule has 0 saturated carbocycles. The van der Waals surface area contributed by atoms with E-state index in [0.717, 1.165) is 3.92 Å². The predicted octanol–water partition coefficient (Wildman–Crippen LogP) is 2.70. The van der Waals surface area contributed by atoms with Gasteiger partial charge in [-0.2, -0.15) is 0 Å². The van der Waals surface area contributed by atoms with Crippen LogP contribution < -0.4 is 0 Å². The van der Waals surface area contributed by atoms with Crippen LogP contribution in [0.25, 0.3) is 0 Å². The molecule has 0 saturated heterocycles. The second-order valence-electron chi connectivity index (χ2n) is 2.04. The van der Waals surface area contributed by atoms with Gasteiger partial charge in [0.05, 0.1) is 0 Å². The van der Waals surface area contributed by atoms with Gasteiger partial charge in [-0.1, -0.05) is 46.4 Å². The maximum atomic E-state index is 2.46. The summed E-state index contributed by atoms with van der Waals surface area (Å²) >= 11 is 2.46. The van der Waals surface area contributed by atoms with Crippen LogP contribution in [0.3, 0.4) is 0 Å². The Bertz CT molecular complexity index is 133. The molecule has 0 bridgehead atoms. The van der Waals surface area contributed by atoms with Crippen molar-refractivity contribution in [3.05, 3.63) is 23.8 Å². The third-order valence-electron chi connectivity index (χ3n) is 1.33. The van der Waals surface area contributed by atoms with Gasteiger partial charge in [-0.25, -0.2) is 0 Å². The van der Waals surface area contributed by atoms with Gasteiger partial charge in [-0.05, 0) is 13.3 Å². The molecule has 0 amide bonds. The number of hydrogen-bond acceptors (Lipinski definition) is 0. The Morgan fingerprint density at radius 1 is 1.75 bits per heavy atom. The maximum Gasteiger partial charge on any atom is 0.0353 e. The van der Waals surface area contributed by atoms with Crippen LogP contribution in [0.4, 0.5) is 0 Å². The fourth-order valence-electron chi connectivity index (χ4n) is 0.708. The smallest absolute Gasteiger partial charge is 0.0353 e. The molecule has 0 fully saturated rings. The number of halogens is 1. The topological polar surface area (TPSA) is 0 Å². The normalized spacial score (nSPS) is 27.8. The minimum Gasteiger partial charge on any atom is -0.0832 e. The van der Waals surface area contributed by atoms with Crippen LogP contribution in [0.1, 0.15) is 13.3 Å². The molecule has 1 aliphatic carbocycles. The van der Waals surface area contributed by atoms with Gasteiger partial charge < -0.3 is 0 Å². The molecule has 1 heteroatoms. The van der Waals surface area contributed by atoms with E-state index in [0.29, 0.717) is 0 Å². The predicted molar refractivity (Wildman–Crippen MR) is 45.3 cm³/mol. The Kier molecular flexibility index (Phi) is 2.11. The van der Waals surface area contributed by atoms with Crippen molar-refractivity contribution in [3.63, 3.8) is 0 Å². The fourth-order valence-corrected chi connectivity index (χ4v) is 1.21. The third-order valence-corrected chi connectivity index (χ3v) is 2.82. The van der Waals surface area contributed by atoms with Gasteiger partial charge in [0.15, 0.2) is 0 Å². The monoisotopic (exact) mass is 220 g/mol. The quantitative estimate of drug-likeness (QED) is 0.435. The summed E-state index contributed by atoms with van der Waals surface area (Å²) in [5.74, 6) is 0. The van der Waals surface area contributed by atoms with Crippen LogP contribution in [0.5, 0.6) is 0 Å². The first kappa shape index (κ1) is 6.33. The number of hydrogen-bond donors (Lipinski definition) is 0. The molecule has 0 aliphatic heterocycles. The van der Waals surface area contributed by atoms with Crippen molar-refractivity contribution in [2.45, 2.75) is 17.3 Å². The van der Waals surface area contributed by atoms with E-state index in [1.165, 1.54) is 12.0 Å². The van der Waals surface area contributed by atoms with E-state index in [-0.39, 0.29) is 0 Å². The lowest BCUT2D eigenvalue weighted by Crippen LogP contribution is -1.99. The van der Waals surface area contributed by atoms with Gasteiger partial charge >= 0.3 is 0 Å². The first-order valence-electron chi connectivity index (χ1n) is 2.78. The first-order valence-corrected chi connectivity index (χ1v) is 4.02. The van der Waals surface area contributed by atoms with Crippen LogP contribution in [-0.2, 0) is 0 Å². The van der Waals surface area contributed by atoms with E-state index >= 15 is 0 Å². The van der Waals surface area contributed by atoms with E-state index < -0.39 is 0 Å². The molecule has 44 valence electrons.